The Morgan fingerprint density at radius 3 is 2.72 bits per heavy atom. The molecule has 0 heterocycles. The van der Waals surface area contributed by atoms with Gasteiger partial charge in [0.1, 0.15) is 6.10 Å². The summed E-state index contributed by atoms with van der Waals surface area (Å²) in [5.74, 6) is -0.157. The molecule has 3 N–H and O–H groups in total. The normalized spacial score (nSPS) is 14.1. The Labute approximate surface area is 112 Å². The fourth-order valence-electron chi connectivity index (χ4n) is 1.71. The summed E-state index contributed by atoms with van der Waals surface area (Å²) < 4.78 is 0. The number of hydrogen-bond donors (Lipinski definition) is 3. The number of hydrogen-bond acceptors (Lipinski definition) is 3. The van der Waals surface area contributed by atoms with Crippen LogP contribution in [0.15, 0.2) is 18.2 Å². The molecule has 1 amide bonds. The van der Waals surface area contributed by atoms with E-state index in [0.717, 1.165) is 5.56 Å². The lowest BCUT2D eigenvalue weighted by molar-refractivity contribution is -0.119. The van der Waals surface area contributed by atoms with E-state index in [1.165, 1.54) is 6.92 Å². The van der Waals surface area contributed by atoms with Crippen molar-refractivity contribution in [1.29, 1.82) is 0 Å². The number of amides is 1. The molecule has 100 valence electrons. The van der Waals surface area contributed by atoms with Crippen LogP contribution in [-0.2, 0) is 4.79 Å². The average molecular weight is 272 g/mol. The summed E-state index contributed by atoms with van der Waals surface area (Å²) in [5.41, 5.74) is 1.36. The molecule has 0 spiro atoms. The van der Waals surface area contributed by atoms with Crippen molar-refractivity contribution in [3.8, 4) is 0 Å². The summed E-state index contributed by atoms with van der Waals surface area (Å²) in [6.45, 7) is 3.53. The molecule has 0 aliphatic carbocycles. The number of aliphatic hydroxyl groups excluding tert-OH is 2. The molecule has 1 rings (SSSR count). The maximum absolute atomic E-state index is 10.7. The van der Waals surface area contributed by atoms with Gasteiger partial charge in [-0.05, 0) is 30.5 Å². The Morgan fingerprint density at radius 2 is 2.11 bits per heavy atom. The highest BCUT2D eigenvalue weighted by molar-refractivity contribution is 6.31. The Morgan fingerprint density at radius 1 is 1.44 bits per heavy atom. The van der Waals surface area contributed by atoms with Crippen LogP contribution in [-0.4, -0.2) is 28.8 Å². The van der Waals surface area contributed by atoms with Gasteiger partial charge in [0.15, 0.2) is 0 Å². The van der Waals surface area contributed by atoms with Gasteiger partial charge in [0.2, 0.25) is 5.91 Å². The van der Waals surface area contributed by atoms with E-state index < -0.39 is 12.2 Å². The van der Waals surface area contributed by atoms with Crippen molar-refractivity contribution in [2.45, 2.75) is 32.5 Å². The lowest BCUT2D eigenvalue weighted by Gasteiger charge is -2.20. The van der Waals surface area contributed by atoms with Crippen LogP contribution in [0.2, 0.25) is 5.02 Å². The summed E-state index contributed by atoms with van der Waals surface area (Å²) in [7, 11) is 0. The second-order valence-corrected chi connectivity index (χ2v) is 4.65. The molecule has 1 aromatic rings. The van der Waals surface area contributed by atoms with Crippen molar-refractivity contribution in [2.24, 2.45) is 0 Å². The molecule has 18 heavy (non-hydrogen) atoms. The molecule has 2 unspecified atom stereocenters. The molecule has 0 fully saturated rings. The third kappa shape index (κ3) is 3.98. The molecule has 0 aromatic heterocycles. The van der Waals surface area contributed by atoms with E-state index in [9.17, 15) is 15.0 Å². The van der Waals surface area contributed by atoms with Gasteiger partial charge in [-0.25, -0.2) is 0 Å². The van der Waals surface area contributed by atoms with Crippen molar-refractivity contribution >= 4 is 17.5 Å². The van der Waals surface area contributed by atoms with Gasteiger partial charge in [0.05, 0.1) is 6.10 Å². The smallest absolute Gasteiger partial charge is 0.216 e. The molecule has 0 radical (unpaired) electrons. The first kappa shape index (κ1) is 15.0. The van der Waals surface area contributed by atoms with Crippen LogP contribution in [0.25, 0.3) is 0 Å². The predicted octanol–water partition coefficient (Wildman–Crippen LogP) is 1.57. The molecule has 0 saturated heterocycles. The zero-order valence-corrected chi connectivity index (χ0v) is 11.2. The lowest BCUT2D eigenvalue weighted by atomic mass is 9.98. The highest BCUT2D eigenvalue weighted by Crippen LogP contribution is 2.26. The van der Waals surface area contributed by atoms with E-state index in [0.29, 0.717) is 17.1 Å². The summed E-state index contributed by atoms with van der Waals surface area (Å²) in [4.78, 5) is 10.7. The number of nitrogens with one attached hydrogen (secondary N) is 1. The number of carbonyl (C=O) groups is 1. The van der Waals surface area contributed by atoms with Crippen molar-refractivity contribution in [3.63, 3.8) is 0 Å². The van der Waals surface area contributed by atoms with Gasteiger partial charge in [-0.3, -0.25) is 4.79 Å². The standard InChI is InChI=1S/C13H18ClNO3/c1-8-10(4-3-5-11(8)14)13(18)12(17)6-7-15-9(2)16/h3-5,12-13,17-18H,6-7H2,1-2H3,(H,15,16). The van der Waals surface area contributed by atoms with Gasteiger partial charge in [-0.2, -0.15) is 0 Å². The fraction of sp³-hybridized carbons (Fsp3) is 0.462. The number of aliphatic hydroxyl groups is 2. The predicted molar refractivity (Wildman–Crippen MR) is 70.5 cm³/mol. The third-order valence-corrected chi connectivity index (χ3v) is 3.22. The molecular formula is C13H18ClNO3. The van der Waals surface area contributed by atoms with Crippen molar-refractivity contribution in [1.82, 2.24) is 5.32 Å². The third-order valence-electron chi connectivity index (χ3n) is 2.81. The van der Waals surface area contributed by atoms with Gasteiger partial charge in [0, 0.05) is 18.5 Å². The van der Waals surface area contributed by atoms with Gasteiger partial charge in [0.25, 0.3) is 0 Å². The van der Waals surface area contributed by atoms with E-state index >= 15 is 0 Å². The van der Waals surface area contributed by atoms with Gasteiger partial charge in [-0.15, -0.1) is 0 Å². The number of benzene rings is 1. The SMILES string of the molecule is CC(=O)NCCC(O)C(O)c1cccc(Cl)c1C. The topological polar surface area (TPSA) is 69.6 Å². The monoisotopic (exact) mass is 271 g/mol. The Hall–Kier alpha value is -1.10. The van der Waals surface area contributed by atoms with Crippen LogP contribution in [0.4, 0.5) is 0 Å². The molecule has 1 aromatic carbocycles. The first-order chi connectivity index (χ1) is 8.43. The minimum atomic E-state index is -1.00. The highest BCUT2D eigenvalue weighted by atomic mass is 35.5. The minimum Gasteiger partial charge on any atom is -0.390 e. The van der Waals surface area contributed by atoms with Gasteiger partial charge < -0.3 is 15.5 Å². The van der Waals surface area contributed by atoms with Crippen LogP contribution in [0, 0.1) is 6.92 Å². The molecule has 0 aliphatic heterocycles. The summed E-state index contributed by atoms with van der Waals surface area (Å²) in [6, 6.07) is 5.19. The zero-order valence-electron chi connectivity index (χ0n) is 10.5. The van der Waals surface area contributed by atoms with E-state index in [1.54, 1.807) is 25.1 Å². The maximum atomic E-state index is 10.7. The average Bonchev–Trinajstić information content (AvgIpc) is 2.31. The number of rotatable bonds is 5. The van der Waals surface area contributed by atoms with Crippen LogP contribution in [0.3, 0.4) is 0 Å². The first-order valence-corrected chi connectivity index (χ1v) is 6.17. The Bertz CT molecular complexity index is 423. The molecule has 5 heteroatoms. The van der Waals surface area contributed by atoms with Gasteiger partial charge in [-0.1, -0.05) is 23.7 Å². The van der Waals surface area contributed by atoms with Gasteiger partial charge >= 0.3 is 0 Å². The lowest BCUT2D eigenvalue weighted by Crippen LogP contribution is -2.27. The Kier molecular flexibility index (Phi) is 5.59. The largest absolute Gasteiger partial charge is 0.390 e. The molecular weight excluding hydrogens is 254 g/mol. The van der Waals surface area contributed by atoms with Crippen LogP contribution in [0.1, 0.15) is 30.6 Å². The minimum absolute atomic E-state index is 0.157. The molecule has 0 aliphatic rings. The number of carbonyl (C=O) groups excluding carboxylic acids is 1. The van der Waals surface area contributed by atoms with Crippen LogP contribution >= 0.6 is 11.6 Å². The second-order valence-electron chi connectivity index (χ2n) is 4.24. The maximum Gasteiger partial charge on any atom is 0.216 e. The zero-order chi connectivity index (χ0) is 13.7. The van der Waals surface area contributed by atoms with E-state index in [-0.39, 0.29) is 12.3 Å². The second kappa shape index (κ2) is 6.73. The summed E-state index contributed by atoms with van der Waals surface area (Å²) in [6.07, 6.45) is -1.65. The highest BCUT2D eigenvalue weighted by Gasteiger charge is 2.20. The van der Waals surface area contributed by atoms with E-state index in [4.69, 9.17) is 11.6 Å². The molecule has 4 nitrogen and oxygen atoms in total. The van der Waals surface area contributed by atoms with Crippen LogP contribution in [0.5, 0.6) is 0 Å². The summed E-state index contributed by atoms with van der Waals surface area (Å²) >= 11 is 5.96. The molecule has 0 bridgehead atoms. The fourth-order valence-corrected chi connectivity index (χ4v) is 1.89. The molecule has 2 atom stereocenters. The van der Waals surface area contributed by atoms with Crippen molar-refractivity contribution in [2.75, 3.05) is 6.54 Å². The van der Waals surface area contributed by atoms with Crippen LogP contribution < -0.4 is 5.32 Å². The van der Waals surface area contributed by atoms with E-state index in [1.807, 2.05) is 0 Å². The number of halogens is 1. The summed E-state index contributed by atoms with van der Waals surface area (Å²) in [5, 5.41) is 23.0. The first-order valence-electron chi connectivity index (χ1n) is 5.79. The van der Waals surface area contributed by atoms with E-state index in [2.05, 4.69) is 5.32 Å². The quantitative estimate of drug-likeness (QED) is 0.761. The Balaban J connectivity index is 2.65. The van der Waals surface area contributed by atoms with Crippen molar-refractivity contribution in [3.05, 3.63) is 34.3 Å². The van der Waals surface area contributed by atoms with Crippen molar-refractivity contribution < 1.29 is 15.0 Å². The molecule has 0 saturated carbocycles.